The smallest absolute Gasteiger partial charge is 0.318 e. The molecule has 0 bridgehead atoms. The van der Waals surface area contributed by atoms with Crippen LogP contribution in [0.25, 0.3) is 0 Å². The van der Waals surface area contributed by atoms with Gasteiger partial charge in [-0.25, -0.2) is 0 Å². The Morgan fingerprint density at radius 3 is 2.12 bits per heavy atom. The summed E-state index contributed by atoms with van der Waals surface area (Å²) in [6, 6.07) is 0. The molecule has 0 atom stereocenters. The maximum absolute atomic E-state index is 11.6. The van der Waals surface area contributed by atoms with Gasteiger partial charge in [0.15, 0.2) is 0 Å². The van der Waals surface area contributed by atoms with Crippen LogP contribution >= 0.6 is 0 Å². The van der Waals surface area contributed by atoms with Gasteiger partial charge in [-0.05, 0) is 26.8 Å². The summed E-state index contributed by atoms with van der Waals surface area (Å²) >= 11 is 0. The molecule has 0 heterocycles. The molecule has 92 valence electrons. The topological polar surface area (TPSA) is 83.7 Å². The molecule has 0 radical (unpaired) electrons. The second-order valence-corrected chi connectivity index (χ2v) is 3.22. The SMILES string of the molecule is CCN(CC)C(=O)C(=O)N(C=O)CCCN. The molecular weight excluding hydrogens is 210 g/mol. The first-order valence-corrected chi connectivity index (χ1v) is 5.37. The monoisotopic (exact) mass is 229 g/mol. The number of carbonyl (C=O) groups excluding carboxylic acids is 3. The molecule has 0 unspecified atom stereocenters. The fourth-order valence-corrected chi connectivity index (χ4v) is 1.23. The van der Waals surface area contributed by atoms with Crippen molar-refractivity contribution < 1.29 is 14.4 Å². The van der Waals surface area contributed by atoms with E-state index in [9.17, 15) is 14.4 Å². The Morgan fingerprint density at radius 2 is 1.75 bits per heavy atom. The highest BCUT2D eigenvalue weighted by molar-refractivity contribution is 6.36. The first kappa shape index (κ1) is 14.6. The Kier molecular flexibility index (Phi) is 7.11. The molecule has 0 aliphatic heterocycles. The molecule has 6 heteroatoms. The van der Waals surface area contributed by atoms with Crippen molar-refractivity contribution in [2.75, 3.05) is 26.2 Å². The lowest BCUT2D eigenvalue weighted by atomic mass is 10.3. The van der Waals surface area contributed by atoms with Crippen LogP contribution in [0.1, 0.15) is 20.3 Å². The molecule has 0 rings (SSSR count). The minimum atomic E-state index is -0.785. The first-order chi connectivity index (χ1) is 7.62. The van der Waals surface area contributed by atoms with E-state index >= 15 is 0 Å². The highest BCUT2D eigenvalue weighted by Gasteiger charge is 2.24. The van der Waals surface area contributed by atoms with Crippen LogP contribution in [0.15, 0.2) is 0 Å². The summed E-state index contributed by atoms with van der Waals surface area (Å²) in [4.78, 5) is 36.1. The lowest BCUT2D eigenvalue weighted by molar-refractivity contribution is -0.153. The van der Waals surface area contributed by atoms with E-state index in [-0.39, 0.29) is 6.54 Å². The Labute approximate surface area is 95.4 Å². The molecule has 0 aromatic carbocycles. The van der Waals surface area contributed by atoms with Crippen LogP contribution in [-0.4, -0.2) is 54.2 Å². The number of nitrogens with zero attached hydrogens (tertiary/aromatic N) is 2. The average Bonchev–Trinajstić information content (AvgIpc) is 2.31. The lowest BCUT2D eigenvalue weighted by Crippen LogP contribution is -2.45. The molecule has 0 aromatic heterocycles. The number of rotatable bonds is 6. The molecule has 6 nitrogen and oxygen atoms in total. The molecule has 2 N–H and O–H groups in total. The summed E-state index contributed by atoms with van der Waals surface area (Å²) in [7, 11) is 0. The van der Waals surface area contributed by atoms with Gasteiger partial charge in [-0.2, -0.15) is 0 Å². The second kappa shape index (κ2) is 7.81. The van der Waals surface area contributed by atoms with Crippen molar-refractivity contribution in [1.82, 2.24) is 9.80 Å². The third kappa shape index (κ3) is 3.98. The van der Waals surface area contributed by atoms with Crippen LogP contribution in [0, 0.1) is 0 Å². The number of nitrogens with two attached hydrogens (primary N) is 1. The molecular formula is C10H19N3O3. The molecule has 0 saturated carbocycles. The molecule has 0 aliphatic carbocycles. The van der Waals surface area contributed by atoms with Crippen LogP contribution < -0.4 is 5.73 Å². The third-order valence-corrected chi connectivity index (χ3v) is 2.22. The van der Waals surface area contributed by atoms with Crippen LogP contribution in [0.2, 0.25) is 0 Å². The van der Waals surface area contributed by atoms with Crippen molar-refractivity contribution in [3.63, 3.8) is 0 Å². The van der Waals surface area contributed by atoms with Crippen molar-refractivity contribution >= 4 is 18.2 Å². The van der Waals surface area contributed by atoms with E-state index < -0.39 is 11.8 Å². The molecule has 16 heavy (non-hydrogen) atoms. The Morgan fingerprint density at radius 1 is 1.19 bits per heavy atom. The van der Waals surface area contributed by atoms with E-state index in [1.807, 2.05) is 0 Å². The van der Waals surface area contributed by atoms with Crippen LogP contribution in [0.4, 0.5) is 0 Å². The predicted molar refractivity (Wildman–Crippen MR) is 59.4 cm³/mol. The van der Waals surface area contributed by atoms with Gasteiger partial charge in [0, 0.05) is 19.6 Å². The highest BCUT2D eigenvalue weighted by atomic mass is 16.2. The first-order valence-electron chi connectivity index (χ1n) is 5.37. The van der Waals surface area contributed by atoms with Crippen molar-refractivity contribution in [3.05, 3.63) is 0 Å². The lowest BCUT2D eigenvalue weighted by Gasteiger charge is -2.21. The minimum Gasteiger partial charge on any atom is -0.335 e. The number of carbonyl (C=O) groups is 3. The van der Waals surface area contributed by atoms with Crippen molar-refractivity contribution in [3.8, 4) is 0 Å². The van der Waals surface area contributed by atoms with Gasteiger partial charge in [-0.15, -0.1) is 0 Å². The quantitative estimate of drug-likeness (QED) is 0.477. The molecule has 0 saturated heterocycles. The number of hydrogen-bond donors (Lipinski definition) is 1. The van der Waals surface area contributed by atoms with Crippen molar-refractivity contribution in [2.24, 2.45) is 5.73 Å². The van der Waals surface area contributed by atoms with E-state index in [2.05, 4.69) is 0 Å². The van der Waals surface area contributed by atoms with E-state index in [4.69, 9.17) is 5.73 Å². The second-order valence-electron chi connectivity index (χ2n) is 3.22. The number of amides is 3. The van der Waals surface area contributed by atoms with Gasteiger partial charge in [0.25, 0.3) is 0 Å². The van der Waals surface area contributed by atoms with Gasteiger partial charge in [-0.3, -0.25) is 19.3 Å². The largest absolute Gasteiger partial charge is 0.335 e. The summed E-state index contributed by atoms with van der Waals surface area (Å²) in [6.07, 6.45) is 0.870. The Bertz CT molecular complexity index is 252. The van der Waals surface area contributed by atoms with Crippen molar-refractivity contribution in [2.45, 2.75) is 20.3 Å². The zero-order valence-corrected chi connectivity index (χ0v) is 9.81. The van der Waals surface area contributed by atoms with Crippen LogP contribution in [0.5, 0.6) is 0 Å². The zero-order chi connectivity index (χ0) is 12.6. The normalized spacial score (nSPS) is 9.69. The average molecular weight is 229 g/mol. The number of likely N-dealkylation sites (N-methyl/N-ethyl adjacent to an activating group) is 1. The van der Waals surface area contributed by atoms with Crippen molar-refractivity contribution in [1.29, 1.82) is 0 Å². The molecule has 3 amide bonds. The highest BCUT2D eigenvalue weighted by Crippen LogP contribution is 1.95. The number of imide groups is 1. The molecule has 0 spiro atoms. The third-order valence-electron chi connectivity index (χ3n) is 2.22. The van der Waals surface area contributed by atoms with E-state index in [1.165, 1.54) is 4.90 Å². The summed E-state index contributed by atoms with van der Waals surface area (Å²) in [5.41, 5.74) is 5.27. The fourth-order valence-electron chi connectivity index (χ4n) is 1.23. The maximum atomic E-state index is 11.6. The van der Waals surface area contributed by atoms with E-state index in [0.717, 1.165) is 4.90 Å². The number of hydrogen-bond acceptors (Lipinski definition) is 4. The maximum Gasteiger partial charge on any atom is 0.318 e. The summed E-state index contributed by atoms with van der Waals surface area (Å²) in [5.74, 6) is -1.43. The van der Waals surface area contributed by atoms with E-state index in [1.54, 1.807) is 13.8 Å². The summed E-state index contributed by atoms with van der Waals surface area (Å²) in [6.45, 7) is 5.01. The van der Waals surface area contributed by atoms with Gasteiger partial charge in [0.2, 0.25) is 6.41 Å². The van der Waals surface area contributed by atoms with Gasteiger partial charge in [-0.1, -0.05) is 0 Å². The van der Waals surface area contributed by atoms with Crippen LogP contribution in [-0.2, 0) is 14.4 Å². The van der Waals surface area contributed by atoms with Crippen LogP contribution in [0.3, 0.4) is 0 Å². The Balaban J connectivity index is 4.48. The van der Waals surface area contributed by atoms with Gasteiger partial charge >= 0.3 is 11.8 Å². The summed E-state index contributed by atoms with van der Waals surface area (Å²) < 4.78 is 0. The molecule has 0 fully saturated rings. The van der Waals surface area contributed by atoms with E-state index in [0.29, 0.717) is 32.5 Å². The Hall–Kier alpha value is -1.43. The predicted octanol–water partition coefficient (Wildman–Crippen LogP) is -0.811. The zero-order valence-electron chi connectivity index (χ0n) is 9.81. The van der Waals surface area contributed by atoms with Gasteiger partial charge in [0.05, 0.1) is 0 Å². The molecule has 0 aliphatic rings. The standard InChI is InChI=1S/C10H19N3O3/c1-3-12(4-2)9(15)10(16)13(8-14)7-5-6-11/h8H,3-7,11H2,1-2H3. The minimum absolute atomic E-state index is 0.186. The molecule has 0 aromatic rings. The van der Waals surface area contributed by atoms with Gasteiger partial charge in [0.1, 0.15) is 0 Å². The summed E-state index contributed by atoms with van der Waals surface area (Å²) in [5, 5.41) is 0. The van der Waals surface area contributed by atoms with Gasteiger partial charge < -0.3 is 10.6 Å². The fraction of sp³-hybridized carbons (Fsp3) is 0.700.